The summed E-state index contributed by atoms with van der Waals surface area (Å²) in [5, 5.41) is 0. The minimum Gasteiger partial charge on any atom is -0.383 e. The van der Waals surface area contributed by atoms with E-state index < -0.39 is 0 Å². The van der Waals surface area contributed by atoms with Crippen LogP contribution in [0.3, 0.4) is 0 Å². The number of hydrogen-bond acceptors (Lipinski definition) is 3. The molecule has 3 nitrogen and oxygen atoms in total. The molecule has 1 heterocycles. The number of hydrogen-bond donors (Lipinski definition) is 1. The topological polar surface area (TPSA) is 38.5 Å². The predicted molar refractivity (Wildman–Crippen MR) is 83.9 cm³/mol. The van der Waals surface area contributed by atoms with Crippen molar-refractivity contribution in [2.24, 2.45) is 11.7 Å². The van der Waals surface area contributed by atoms with E-state index in [0.717, 1.165) is 13.1 Å². The summed E-state index contributed by atoms with van der Waals surface area (Å²) in [5.74, 6) is 1.11. The van der Waals surface area contributed by atoms with Crippen LogP contribution in [0.4, 0.5) is 0 Å². The van der Waals surface area contributed by atoms with Gasteiger partial charge in [-0.1, -0.05) is 44.2 Å². The van der Waals surface area contributed by atoms with Gasteiger partial charge in [-0.25, -0.2) is 0 Å². The molecule has 2 unspecified atom stereocenters. The second-order valence-corrected chi connectivity index (χ2v) is 6.24. The third-order valence-electron chi connectivity index (χ3n) is 4.91. The minimum absolute atomic E-state index is 0.0295. The van der Waals surface area contributed by atoms with Crippen molar-refractivity contribution >= 4 is 0 Å². The minimum atomic E-state index is -0.0295. The Balaban J connectivity index is 2.13. The monoisotopic (exact) mass is 276 g/mol. The number of rotatable bonds is 6. The van der Waals surface area contributed by atoms with E-state index in [2.05, 4.69) is 49.1 Å². The van der Waals surface area contributed by atoms with Crippen molar-refractivity contribution in [2.45, 2.75) is 31.7 Å². The third-order valence-corrected chi connectivity index (χ3v) is 4.91. The Hall–Kier alpha value is -0.900. The van der Waals surface area contributed by atoms with Crippen molar-refractivity contribution < 1.29 is 4.74 Å². The Morgan fingerprint density at radius 1 is 1.35 bits per heavy atom. The zero-order chi connectivity index (χ0) is 14.6. The van der Waals surface area contributed by atoms with Crippen LogP contribution in [0.1, 0.15) is 31.7 Å². The lowest BCUT2D eigenvalue weighted by atomic mass is 9.85. The van der Waals surface area contributed by atoms with Crippen LogP contribution >= 0.6 is 0 Å². The van der Waals surface area contributed by atoms with Gasteiger partial charge in [-0.3, -0.25) is 4.90 Å². The molecule has 0 radical (unpaired) electrons. The van der Waals surface area contributed by atoms with Crippen LogP contribution in [-0.4, -0.2) is 43.8 Å². The van der Waals surface area contributed by atoms with E-state index in [1.807, 2.05) is 0 Å². The second-order valence-electron chi connectivity index (χ2n) is 6.24. The first-order valence-electron chi connectivity index (χ1n) is 7.63. The molecular weight excluding hydrogens is 248 g/mol. The molecule has 0 spiro atoms. The van der Waals surface area contributed by atoms with Crippen LogP contribution in [0.2, 0.25) is 0 Å². The average molecular weight is 276 g/mol. The molecule has 1 aromatic carbocycles. The van der Waals surface area contributed by atoms with Gasteiger partial charge in [0.1, 0.15) is 0 Å². The fourth-order valence-electron chi connectivity index (χ4n) is 3.46. The van der Waals surface area contributed by atoms with Crippen molar-refractivity contribution in [3.05, 3.63) is 35.9 Å². The molecule has 2 rings (SSSR count). The molecule has 1 fully saturated rings. The molecule has 1 saturated heterocycles. The molecule has 3 heteroatoms. The standard InChI is InChI=1S/C17H28N2O/c1-14(2)17(12-18,13-20-3)19-10-9-16(11-19)15-7-5-4-6-8-15/h4-8,14,16H,9-13,18H2,1-3H3. The second kappa shape index (κ2) is 6.70. The summed E-state index contributed by atoms with van der Waals surface area (Å²) in [6, 6.07) is 10.8. The normalized spacial score (nSPS) is 23.1. The maximum absolute atomic E-state index is 6.14. The zero-order valence-electron chi connectivity index (χ0n) is 13.0. The van der Waals surface area contributed by atoms with Gasteiger partial charge in [-0.15, -0.1) is 0 Å². The maximum atomic E-state index is 6.14. The van der Waals surface area contributed by atoms with Gasteiger partial charge >= 0.3 is 0 Å². The molecule has 1 aromatic rings. The van der Waals surface area contributed by atoms with Crippen LogP contribution < -0.4 is 5.73 Å². The van der Waals surface area contributed by atoms with E-state index in [-0.39, 0.29) is 5.54 Å². The summed E-state index contributed by atoms with van der Waals surface area (Å²) in [6.45, 7) is 8.06. The molecule has 0 amide bonds. The Labute approximate surface area is 123 Å². The summed E-state index contributed by atoms with van der Waals surface area (Å²) in [7, 11) is 1.78. The van der Waals surface area contributed by atoms with Gasteiger partial charge < -0.3 is 10.5 Å². The van der Waals surface area contributed by atoms with E-state index in [9.17, 15) is 0 Å². The summed E-state index contributed by atoms with van der Waals surface area (Å²) in [4.78, 5) is 2.55. The summed E-state index contributed by atoms with van der Waals surface area (Å²) in [6.07, 6.45) is 1.21. The molecule has 112 valence electrons. The predicted octanol–water partition coefficient (Wildman–Crippen LogP) is 2.48. The Morgan fingerprint density at radius 3 is 2.60 bits per heavy atom. The Bertz CT molecular complexity index is 407. The summed E-state index contributed by atoms with van der Waals surface area (Å²) >= 11 is 0. The maximum Gasteiger partial charge on any atom is 0.0661 e. The number of likely N-dealkylation sites (tertiary alicyclic amines) is 1. The third kappa shape index (κ3) is 2.90. The molecule has 20 heavy (non-hydrogen) atoms. The number of methoxy groups -OCH3 is 1. The lowest BCUT2D eigenvalue weighted by Crippen LogP contribution is -2.59. The first-order valence-corrected chi connectivity index (χ1v) is 7.63. The van der Waals surface area contributed by atoms with Crippen LogP contribution in [0.25, 0.3) is 0 Å². The Morgan fingerprint density at radius 2 is 2.05 bits per heavy atom. The lowest BCUT2D eigenvalue weighted by molar-refractivity contribution is -0.00331. The summed E-state index contributed by atoms with van der Waals surface area (Å²) in [5.41, 5.74) is 7.55. The van der Waals surface area contributed by atoms with Gasteiger partial charge in [0, 0.05) is 20.2 Å². The first-order chi connectivity index (χ1) is 9.64. The van der Waals surface area contributed by atoms with Gasteiger partial charge in [0.25, 0.3) is 0 Å². The zero-order valence-corrected chi connectivity index (χ0v) is 13.0. The molecular formula is C17H28N2O. The highest BCUT2D eigenvalue weighted by Gasteiger charge is 2.42. The van der Waals surface area contributed by atoms with E-state index in [0.29, 0.717) is 25.0 Å². The number of benzene rings is 1. The van der Waals surface area contributed by atoms with Crippen molar-refractivity contribution in [3.8, 4) is 0 Å². The molecule has 1 aliphatic heterocycles. The average Bonchev–Trinajstić information content (AvgIpc) is 2.95. The highest BCUT2D eigenvalue weighted by atomic mass is 16.5. The highest BCUT2D eigenvalue weighted by Crippen LogP contribution is 2.35. The fourth-order valence-corrected chi connectivity index (χ4v) is 3.46. The van der Waals surface area contributed by atoms with Gasteiger partial charge in [-0.2, -0.15) is 0 Å². The smallest absolute Gasteiger partial charge is 0.0661 e. The lowest BCUT2D eigenvalue weighted by Gasteiger charge is -2.44. The quantitative estimate of drug-likeness (QED) is 0.867. The van der Waals surface area contributed by atoms with E-state index >= 15 is 0 Å². The number of nitrogens with two attached hydrogens (primary N) is 1. The molecule has 2 atom stereocenters. The Kier molecular flexibility index (Phi) is 5.19. The molecule has 2 N–H and O–H groups in total. The van der Waals surface area contributed by atoms with E-state index in [4.69, 9.17) is 10.5 Å². The van der Waals surface area contributed by atoms with Crippen molar-refractivity contribution in [3.63, 3.8) is 0 Å². The van der Waals surface area contributed by atoms with Crippen molar-refractivity contribution in [1.82, 2.24) is 4.90 Å². The summed E-state index contributed by atoms with van der Waals surface area (Å²) < 4.78 is 5.49. The highest BCUT2D eigenvalue weighted by molar-refractivity contribution is 5.21. The van der Waals surface area contributed by atoms with E-state index in [1.54, 1.807) is 7.11 Å². The van der Waals surface area contributed by atoms with Gasteiger partial charge in [0.15, 0.2) is 0 Å². The first kappa shape index (κ1) is 15.5. The number of ether oxygens (including phenoxy) is 1. The molecule has 0 aromatic heterocycles. The number of nitrogens with zero attached hydrogens (tertiary/aromatic N) is 1. The van der Waals surface area contributed by atoms with Crippen LogP contribution in [0.5, 0.6) is 0 Å². The molecule has 0 saturated carbocycles. The molecule has 1 aliphatic rings. The van der Waals surface area contributed by atoms with Crippen LogP contribution in [0, 0.1) is 5.92 Å². The van der Waals surface area contributed by atoms with Crippen LogP contribution in [-0.2, 0) is 4.74 Å². The molecule has 0 bridgehead atoms. The fraction of sp³-hybridized carbons (Fsp3) is 0.647. The van der Waals surface area contributed by atoms with Gasteiger partial charge in [0.2, 0.25) is 0 Å². The van der Waals surface area contributed by atoms with Crippen LogP contribution in [0.15, 0.2) is 30.3 Å². The van der Waals surface area contributed by atoms with Gasteiger partial charge in [-0.05, 0) is 30.4 Å². The largest absolute Gasteiger partial charge is 0.383 e. The van der Waals surface area contributed by atoms with Gasteiger partial charge in [0.05, 0.1) is 12.1 Å². The van der Waals surface area contributed by atoms with Crippen molar-refractivity contribution in [1.29, 1.82) is 0 Å². The van der Waals surface area contributed by atoms with Crippen molar-refractivity contribution in [2.75, 3.05) is 33.4 Å². The molecule has 0 aliphatic carbocycles. The SMILES string of the molecule is COCC(CN)(C(C)C)N1CCC(c2ccccc2)C1. The van der Waals surface area contributed by atoms with E-state index in [1.165, 1.54) is 12.0 Å².